The van der Waals surface area contributed by atoms with Gasteiger partial charge in [0.1, 0.15) is 11.6 Å². The molecule has 8 aromatic rings. The fraction of sp³-hybridized carbons (Fsp3) is 0.364. The van der Waals surface area contributed by atoms with Crippen LogP contribution in [0.3, 0.4) is 0 Å². The molecule has 8 rings (SSSR count). The molecule has 0 aliphatic heterocycles. The van der Waals surface area contributed by atoms with E-state index < -0.39 is 0 Å². The third kappa shape index (κ3) is 10.0. The van der Waals surface area contributed by atoms with Crippen LogP contribution in [0.2, 0.25) is 0 Å². The number of aromatic nitrogens is 3. The van der Waals surface area contributed by atoms with Crippen molar-refractivity contribution in [1.29, 1.82) is 0 Å². The fourth-order valence-electron chi connectivity index (χ4n) is 9.44. The molecule has 0 saturated carbocycles. The van der Waals surface area contributed by atoms with E-state index in [0.29, 0.717) is 11.4 Å². The molecule has 0 saturated heterocycles. The van der Waals surface area contributed by atoms with E-state index in [1.54, 1.807) is 0 Å². The summed E-state index contributed by atoms with van der Waals surface area (Å²) in [6.07, 6.45) is 1.93. The molecule has 0 spiro atoms. The molecule has 0 unspecified atom stereocenters. The second-order valence-corrected chi connectivity index (χ2v) is 26.0. The van der Waals surface area contributed by atoms with Gasteiger partial charge in [0.15, 0.2) is 0 Å². The Balaban J connectivity index is 1.44. The molecule has 0 atom stereocenters. The molecule has 4 nitrogen and oxygen atoms in total. The summed E-state index contributed by atoms with van der Waals surface area (Å²) in [6, 6.07) is 47.1. The number of para-hydroxylation sites is 1. The number of benzene rings is 6. The first-order valence-corrected chi connectivity index (χ1v) is 25.3. The van der Waals surface area contributed by atoms with Crippen LogP contribution in [0, 0.1) is 0 Å². The predicted molar refractivity (Wildman–Crippen MR) is 300 cm³/mol. The lowest BCUT2D eigenvalue weighted by molar-refractivity contribution is 0.446. The van der Waals surface area contributed by atoms with E-state index in [1.165, 1.54) is 27.8 Å². The van der Waals surface area contributed by atoms with Gasteiger partial charge in [-0.05, 0) is 131 Å². The molecule has 2 aromatic heterocycles. The van der Waals surface area contributed by atoms with Gasteiger partial charge in [-0.15, -0.1) is 0 Å². The van der Waals surface area contributed by atoms with Gasteiger partial charge in [-0.1, -0.05) is 203 Å². The molecule has 4 heteroatoms. The van der Waals surface area contributed by atoms with Gasteiger partial charge >= 0.3 is 0 Å². The lowest BCUT2D eigenvalue weighted by Crippen LogP contribution is -2.17. The summed E-state index contributed by atoms with van der Waals surface area (Å²) < 4.78 is 2.32. The van der Waals surface area contributed by atoms with Crippen LogP contribution < -0.4 is 0 Å². The summed E-state index contributed by atoms with van der Waals surface area (Å²) in [5.41, 5.74) is 18.6. The minimum absolute atomic E-state index is 0.0144. The van der Waals surface area contributed by atoms with Gasteiger partial charge in [0.2, 0.25) is 0 Å². The van der Waals surface area contributed by atoms with Gasteiger partial charge in [-0.25, -0.2) is 4.98 Å². The number of phenols is 1. The highest BCUT2D eigenvalue weighted by Crippen LogP contribution is 2.46. The number of rotatable bonds is 6. The van der Waals surface area contributed by atoms with Crippen molar-refractivity contribution in [3.63, 3.8) is 0 Å². The topological polar surface area (TPSA) is 50.9 Å². The van der Waals surface area contributed by atoms with E-state index in [9.17, 15) is 5.11 Å². The number of hydrogen-bond acceptors (Lipinski definition) is 3. The quantitative estimate of drug-likeness (QED) is 0.181. The number of phenolic OH excluding ortho intramolecular Hbond substituents is 1. The normalized spacial score (nSPS) is 13.1. The van der Waals surface area contributed by atoms with Crippen molar-refractivity contribution in [2.24, 2.45) is 0 Å². The molecule has 0 aliphatic carbocycles. The monoisotopic (exact) mass is 928 g/mol. The van der Waals surface area contributed by atoms with Gasteiger partial charge in [0.25, 0.3) is 0 Å². The van der Waals surface area contributed by atoms with Crippen molar-refractivity contribution in [2.75, 3.05) is 0 Å². The molecule has 70 heavy (non-hydrogen) atoms. The van der Waals surface area contributed by atoms with E-state index in [0.717, 1.165) is 66.9 Å². The SMILES string of the molecule is CC(C)(C)c1ccc(-c2ccnc(-c3cc(-c4cccc5c4nc(-c4cc(C(C)(C)C)cc(C(C)(C)C)c4O)n5-c4ccc(C(C)(C)C)cc4-c4ccc(C(C)(C)C)cc4)cc(C(C)(C)C)c3)c2)cc1. The fourth-order valence-corrected chi connectivity index (χ4v) is 9.44. The van der Waals surface area contributed by atoms with E-state index in [-0.39, 0.29) is 38.2 Å². The smallest absolute Gasteiger partial charge is 0.149 e. The van der Waals surface area contributed by atoms with Crippen LogP contribution in [0.4, 0.5) is 0 Å². The zero-order valence-corrected chi connectivity index (χ0v) is 45.5. The van der Waals surface area contributed by atoms with Crippen molar-refractivity contribution in [2.45, 2.75) is 157 Å². The zero-order chi connectivity index (χ0) is 51.1. The minimum atomic E-state index is -0.332. The summed E-state index contributed by atoms with van der Waals surface area (Å²) in [4.78, 5) is 10.8. The Morgan fingerprint density at radius 3 is 1.46 bits per heavy atom. The second kappa shape index (κ2) is 17.5. The first kappa shape index (κ1) is 50.1. The lowest BCUT2D eigenvalue weighted by Gasteiger charge is -2.28. The summed E-state index contributed by atoms with van der Waals surface area (Å²) in [6.45, 7) is 40.5. The first-order chi connectivity index (χ1) is 32.4. The number of fused-ring (bicyclic) bond motifs is 1. The van der Waals surface area contributed by atoms with Gasteiger partial charge in [0, 0.05) is 28.5 Å². The van der Waals surface area contributed by atoms with Crippen LogP contribution in [0.25, 0.3) is 72.7 Å². The van der Waals surface area contributed by atoms with E-state index in [1.807, 2.05) is 6.20 Å². The maximum absolute atomic E-state index is 12.7. The Morgan fingerprint density at radius 1 is 0.386 bits per heavy atom. The summed E-state index contributed by atoms with van der Waals surface area (Å²) in [5, 5.41) is 12.7. The van der Waals surface area contributed by atoms with E-state index in [2.05, 4.69) is 257 Å². The molecular formula is C66H77N3O. The van der Waals surface area contributed by atoms with Crippen LogP contribution in [-0.2, 0) is 32.5 Å². The molecule has 6 aromatic carbocycles. The van der Waals surface area contributed by atoms with Crippen molar-refractivity contribution in [1.82, 2.24) is 14.5 Å². The lowest BCUT2D eigenvalue weighted by atomic mass is 9.79. The number of aromatic hydroxyl groups is 1. The molecule has 362 valence electrons. The Hall–Kier alpha value is -6.26. The van der Waals surface area contributed by atoms with Crippen LogP contribution in [0.5, 0.6) is 5.75 Å². The van der Waals surface area contributed by atoms with Gasteiger partial charge in [-0.2, -0.15) is 0 Å². The Bertz CT molecular complexity index is 3230. The predicted octanol–water partition coefficient (Wildman–Crippen LogP) is 18.2. The number of imidazole rings is 1. The molecular weight excluding hydrogens is 851 g/mol. The number of hydrogen-bond donors (Lipinski definition) is 1. The highest BCUT2D eigenvalue weighted by molar-refractivity contribution is 5.98. The third-order valence-electron chi connectivity index (χ3n) is 14.1. The molecule has 0 bridgehead atoms. The second-order valence-electron chi connectivity index (χ2n) is 26.0. The molecule has 0 fully saturated rings. The van der Waals surface area contributed by atoms with Crippen molar-refractivity contribution in [3.8, 4) is 67.5 Å². The van der Waals surface area contributed by atoms with E-state index in [4.69, 9.17) is 9.97 Å². The maximum atomic E-state index is 12.7. The average Bonchev–Trinajstić information content (AvgIpc) is 3.66. The van der Waals surface area contributed by atoms with Crippen LogP contribution in [0.15, 0.2) is 134 Å². The van der Waals surface area contributed by atoms with Crippen LogP contribution >= 0.6 is 0 Å². The van der Waals surface area contributed by atoms with E-state index >= 15 is 0 Å². The highest BCUT2D eigenvalue weighted by Gasteiger charge is 2.30. The first-order valence-electron chi connectivity index (χ1n) is 25.3. The van der Waals surface area contributed by atoms with Crippen molar-refractivity contribution >= 4 is 11.0 Å². The highest BCUT2D eigenvalue weighted by atomic mass is 16.3. The van der Waals surface area contributed by atoms with Crippen molar-refractivity contribution in [3.05, 3.63) is 167 Å². The maximum Gasteiger partial charge on any atom is 0.149 e. The largest absolute Gasteiger partial charge is 0.507 e. The van der Waals surface area contributed by atoms with Crippen LogP contribution in [-0.4, -0.2) is 19.6 Å². The molecule has 1 N–H and O–H groups in total. The van der Waals surface area contributed by atoms with Gasteiger partial charge < -0.3 is 5.11 Å². The van der Waals surface area contributed by atoms with Gasteiger partial charge in [-0.3, -0.25) is 9.55 Å². The standard InChI is InChI=1S/C66H77N3O/c1-61(2,3)46-26-22-41(23-27-46)43-32-33-67-55(37-43)45-34-44(35-49(36-45)64(10,11)12)51-20-19-21-57-58(51)68-60(53-39-50(65(13,14)15)40-54(59(53)70)66(16,17)18)69(57)56-31-30-48(63(7,8)9)38-52(56)42-24-28-47(29-25-42)62(4,5)6/h19-40,70H,1-18H3. The summed E-state index contributed by atoms with van der Waals surface area (Å²) in [5.74, 6) is 0.962. The number of pyridine rings is 1. The van der Waals surface area contributed by atoms with Gasteiger partial charge in [0.05, 0.1) is 28.0 Å². The van der Waals surface area contributed by atoms with Crippen molar-refractivity contribution < 1.29 is 5.11 Å². The Kier molecular flexibility index (Phi) is 12.6. The molecule has 0 amide bonds. The van der Waals surface area contributed by atoms with Crippen LogP contribution in [0.1, 0.15) is 158 Å². The molecule has 0 aliphatic rings. The Morgan fingerprint density at radius 2 is 0.900 bits per heavy atom. The average molecular weight is 928 g/mol. The molecule has 2 heterocycles. The Labute approximate surface area is 420 Å². The third-order valence-corrected chi connectivity index (χ3v) is 14.1. The summed E-state index contributed by atoms with van der Waals surface area (Å²) in [7, 11) is 0. The molecule has 0 radical (unpaired) electrons. The summed E-state index contributed by atoms with van der Waals surface area (Å²) >= 11 is 0. The zero-order valence-electron chi connectivity index (χ0n) is 45.5. The number of nitrogens with zero attached hydrogens (tertiary/aromatic N) is 3. The minimum Gasteiger partial charge on any atom is -0.507 e.